The molecule has 0 spiro atoms. The van der Waals surface area contributed by atoms with Crippen molar-refractivity contribution in [1.29, 1.82) is 0 Å². The second-order valence-electron chi connectivity index (χ2n) is 3.65. The van der Waals surface area contributed by atoms with E-state index in [2.05, 4.69) is 5.32 Å². The molecular weight excluding hydrogens is 278 g/mol. The van der Waals surface area contributed by atoms with Gasteiger partial charge in [-0.05, 0) is 24.3 Å². The normalized spacial score (nSPS) is 10.3. The quantitative estimate of drug-likeness (QED) is 0.676. The topological polar surface area (TPSA) is 55.2 Å². The molecule has 19 heavy (non-hydrogen) atoms. The number of para-hydroxylation sites is 1. The molecule has 0 atom stereocenters. The number of rotatable bonds is 3. The molecule has 0 bridgehead atoms. The Bertz CT molecular complexity index is 650. The number of nitrogens with zero attached hydrogens (tertiary/aromatic N) is 1. The van der Waals surface area contributed by atoms with Gasteiger partial charge in [-0.3, -0.25) is 10.1 Å². The van der Waals surface area contributed by atoms with Crippen molar-refractivity contribution in [3.63, 3.8) is 0 Å². The molecule has 0 aromatic heterocycles. The van der Waals surface area contributed by atoms with E-state index in [0.29, 0.717) is 0 Å². The van der Waals surface area contributed by atoms with E-state index in [4.69, 9.17) is 11.6 Å². The van der Waals surface area contributed by atoms with Crippen molar-refractivity contribution in [3.8, 4) is 0 Å². The van der Waals surface area contributed by atoms with Gasteiger partial charge in [0.2, 0.25) is 0 Å². The number of nitro benzene ring substituents is 1. The summed E-state index contributed by atoms with van der Waals surface area (Å²) in [4.78, 5) is 10.3. The lowest BCUT2D eigenvalue weighted by Crippen LogP contribution is -1.98. The minimum atomic E-state index is -1.05. The van der Waals surface area contributed by atoms with Crippen molar-refractivity contribution in [2.45, 2.75) is 0 Å². The summed E-state index contributed by atoms with van der Waals surface area (Å²) in [7, 11) is 0. The number of anilines is 2. The maximum atomic E-state index is 13.0. The first-order chi connectivity index (χ1) is 8.99. The standard InChI is InChI=1S/C12H7ClF2N2O2/c13-8-2-1-3-11(12(8)17(18)19)16-7-4-5-9(14)10(15)6-7/h1-6,16H. The van der Waals surface area contributed by atoms with E-state index in [-0.39, 0.29) is 22.1 Å². The summed E-state index contributed by atoms with van der Waals surface area (Å²) >= 11 is 5.73. The lowest BCUT2D eigenvalue weighted by molar-refractivity contribution is -0.383. The zero-order chi connectivity index (χ0) is 14.0. The van der Waals surface area contributed by atoms with Crippen molar-refractivity contribution >= 4 is 28.7 Å². The molecule has 0 aliphatic rings. The lowest BCUT2D eigenvalue weighted by atomic mass is 10.2. The first-order valence-corrected chi connectivity index (χ1v) is 5.52. The van der Waals surface area contributed by atoms with Crippen LogP contribution in [0.5, 0.6) is 0 Å². The maximum absolute atomic E-state index is 13.0. The number of hydrogen-bond acceptors (Lipinski definition) is 3. The number of nitrogens with one attached hydrogen (secondary N) is 1. The van der Waals surface area contributed by atoms with Gasteiger partial charge in [-0.15, -0.1) is 0 Å². The fraction of sp³-hybridized carbons (Fsp3) is 0. The van der Waals surface area contributed by atoms with Crippen molar-refractivity contribution in [2.24, 2.45) is 0 Å². The highest BCUT2D eigenvalue weighted by atomic mass is 35.5. The predicted molar refractivity (Wildman–Crippen MR) is 67.7 cm³/mol. The van der Waals surface area contributed by atoms with E-state index in [9.17, 15) is 18.9 Å². The molecule has 0 amide bonds. The number of nitro groups is 1. The van der Waals surface area contributed by atoms with Gasteiger partial charge in [0.25, 0.3) is 0 Å². The fourth-order valence-electron chi connectivity index (χ4n) is 1.53. The molecule has 2 aromatic carbocycles. The first kappa shape index (κ1) is 13.2. The summed E-state index contributed by atoms with van der Waals surface area (Å²) in [5, 5.41) is 13.5. The second kappa shape index (κ2) is 5.19. The Morgan fingerprint density at radius 3 is 2.53 bits per heavy atom. The van der Waals surface area contributed by atoms with Gasteiger partial charge in [-0.2, -0.15) is 0 Å². The Kier molecular flexibility index (Phi) is 3.62. The van der Waals surface area contributed by atoms with Crippen LogP contribution in [0.4, 0.5) is 25.8 Å². The molecule has 4 nitrogen and oxygen atoms in total. The Morgan fingerprint density at radius 2 is 1.89 bits per heavy atom. The van der Waals surface area contributed by atoms with Gasteiger partial charge in [0.15, 0.2) is 11.6 Å². The molecule has 0 aliphatic carbocycles. The van der Waals surface area contributed by atoms with Crippen LogP contribution in [0, 0.1) is 21.7 Å². The van der Waals surface area contributed by atoms with Gasteiger partial charge in [-0.1, -0.05) is 17.7 Å². The minimum Gasteiger partial charge on any atom is -0.350 e. The largest absolute Gasteiger partial charge is 0.350 e. The summed E-state index contributed by atoms with van der Waals surface area (Å²) in [6.45, 7) is 0. The van der Waals surface area contributed by atoms with Gasteiger partial charge in [0.1, 0.15) is 10.7 Å². The highest BCUT2D eigenvalue weighted by molar-refractivity contribution is 6.33. The average Bonchev–Trinajstić information content (AvgIpc) is 2.33. The predicted octanol–water partition coefficient (Wildman–Crippen LogP) is 4.27. The van der Waals surface area contributed by atoms with E-state index in [0.717, 1.165) is 12.1 Å². The molecule has 0 fully saturated rings. The monoisotopic (exact) mass is 284 g/mol. The van der Waals surface area contributed by atoms with Gasteiger partial charge in [0, 0.05) is 11.8 Å². The smallest absolute Gasteiger partial charge is 0.311 e. The summed E-state index contributed by atoms with van der Waals surface area (Å²) < 4.78 is 25.8. The third-order valence-corrected chi connectivity index (χ3v) is 2.67. The summed E-state index contributed by atoms with van der Waals surface area (Å²) in [6.07, 6.45) is 0. The SMILES string of the molecule is O=[N+]([O-])c1c(Cl)cccc1Nc1ccc(F)c(F)c1. The molecular formula is C12H7ClF2N2O2. The Labute approximate surface area is 111 Å². The van der Waals surface area contributed by atoms with Crippen LogP contribution in [-0.4, -0.2) is 4.92 Å². The molecule has 7 heteroatoms. The Hall–Kier alpha value is -2.21. The molecule has 0 saturated heterocycles. The first-order valence-electron chi connectivity index (χ1n) is 5.14. The zero-order valence-corrected chi connectivity index (χ0v) is 10.1. The van der Waals surface area contributed by atoms with Crippen LogP contribution in [0.15, 0.2) is 36.4 Å². The minimum absolute atomic E-state index is 0.0439. The molecule has 2 rings (SSSR count). The van der Waals surface area contributed by atoms with Crippen LogP contribution in [0.25, 0.3) is 0 Å². The zero-order valence-electron chi connectivity index (χ0n) is 9.36. The van der Waals surface area contributed by atoms with Crippen molar-refractivity contribution in [2.75, 3.05) is 5.32 Å². The van der Waals surface area contributed by atoms with Crippen LogP contribution in [0.2, 0.25) is 5.02 Å². The van der Waals surface area contributed by atoms with Gasteiger partial charge in [0.05, 0.1) is 4.92 Å². The second-order valence-corrected chi connectivity index (χ2v) is 4.05. The lowest BCUT2D eigenvalue weighted by Gasteiger charge is -2.08. The van der Waals surface area contributed by atoms with Gasteiger partial charge >= 0.3 is 5.69 Å². The highest BCUT2D eigenvalue weighted by Crippen LogP contribution is 2.34. The van der Waals surface area contributed by atoms with E-state index in [1.54, 1.807) is 0 Å². The van der Waals surface area contributed by atoms with Gasteiger partial charge in [-0.25, -0.2) is 8.78 Å². The number of halogens is 3. The van der Waals surface area contributed by atoms with Crippen LogP contribution in [0.1, 0.15) is 0 Å². The maximum Gasteiger partial charge on any atom is 0.311 e. The van der Waals surface area contributed by atoms with E-state index in [1.165, 1.54) is 24.3 Å². The van der Waals surface area contributed by atoms with Crippen LogP contribution in [0.3, 0.4) is 0 Å². The van der Waals surface area contributed by atoms with Gasteiger partial charge < -0.3 is 5.32 Å². The fourth-order valence-corrected chi connectivity index (χ4v) is 1.77. The summed E-state index contributed by atoms with van der Waals surface area (Å²) in [6, 6.07) is 7.40. The summed E-state index contributed by atoms with van der Waals surface area (Å²) in [5.41, 5.74) is -0.0401. The average molecular weight is 285 g/mol. The van der Waals surface area contributed by atoms with Crippen LogP contribution >= 0.6 is 11.6 Å². The number of hydrogen-bond donors (Lipinski definition) is 1. The van der Waals surface area contributed by atoms with Crippen LogP contribution in [-0.2, 0) is 0 Å². The summed E-state index contributed by atoms with van der Waals surface area (Å²) in [5.74, 6) is -2.04. The Morgan fingerprint density at radius 1 is 1.16 bits per heavy atom. The molecule has 98 valence electrons. The Balaban J connectivity index is 2.40. The highest BCUT2D eigenvalue weighted by Gasteiger charge is 2.18. The van der Waals surface area contributed by atoms with E-state index < -0.39 is 16.6 Å². The molecule has 2 aromatic rings. The van der Waals surface area contributed by atoms with E-state index >= 15 is 0 Å². The van der Waals surface area contributed by atoms with Crippen molar-refractivity contribution in [3.05, 3.63) is 63.2 Å². The van der Waals surface area contributed by atoms with Crippen molar-refractivity contribution in [1.82, 2.24) is 0 Å². The van der Waals surface area contributed by atoms with Crippen LogP contribution < -0.4 is 5.32 Å². The molecule has 0 heterocycles. The molecule has 0 unspecified atom stereocenters. The molecule has 0 aliphatic heterocycles. The van der Waals surface area contributed by atoms with Crippen molar-refractivity contribution < 1.29 is 13.7 Å². The molecule has 1 N–H and O–H groups in total. The molecule has 0 saturated carbocycles. The molecule has 0 radical (unpaired) electrons. The third kappa shape index (κ3) is 2.79. The number of benzene rings is 2. The van der Waals surface area contributed by atoms with E-state index in [1.807, 2.05) is 0 Å². The third-order valence-electron chi connectivity index (χ3n) is 2.37.